The second-order valence-corrected chi connectivity index (χ2v) is 7.63. The van der Waals surface area contributed by atoms with E-state index >= 15 is 0 Å². The normalized spacial score (nSPS) is 14.7. The van der Waals surface area contributed by atoms with Gasteiger partial charge in [0.1, 0.15) is 5.75 Å². The lowest BCUT2D eigenvalue weighted by Crippen LogP contribution is -2.36. The molecular formula is C23H30F3IN4O. The van der Waals surface area contributed by atoms with Gasteiger partial charge in [-0.05, 0) is 54.8 Å². The van der Waals surface area contributed by atoms with E-state index in [0.717, 1.165) is 17.7 Å². The summed E-state index contributed by atoms with van der Waals surface area (Å²) in [4.78, 5) is 6.68. The molecule has 0 bridgehead atoms. The van der Waals surface area contributed by atoms with E-state index in [1.807, 2.05) is 6.07 Å². The Bertz CT molecular complexity index is 853. The Morgan fingerprint density at radius 3 is 2.22 bits per heavy atom. The Balaban J connectivity index is 0.00000363. The number of alkyl halides is 3. The fourth-order valence-corrected chi connectivity index (χ4v) is 3.46. The van der Waals surface area contributed by atoms with Gasteiger partial charge in [0, 0.05) is 26.7 Å². The molecule has 0 unspecified atom stereocenters. The molecule has 0 saturated carbocycles. The minimum atomic E-state index is -4.35. The second-order valence-electron chi connectivity index (χ2n) is 7.63. The minimum Gasteiger partial charge on any atom is -0.484 e. The van der Waals surface area contributed by atoms with E-state index in [1.165, 1.54) is 37.6 Å². The summed E-state index contributed by atoms with van der Waals surface area (Å²) in [6, 6.07) is 15.2. The van der Waals surface area contributed by atoms with Crippen LogP contribution < -0.4 is 15.4 Å². The molecule has 9 heteroatoms. The van der Waals surface area contributed by atoms with Crippen molar-refractivity contribution in [2.45, 2.75) is 38.7 Å². The number of halogens is 4. The Hall–Kier alpha value is -2.01. The first kappa shape index (κ1) is 26.2. The van der Waals surface area contributed by atoms with Gasteiger partial charge < -0.3 is 15.4 Å². The van der Waals surface area contributed by atoms with Gasteiger partial charge in [-0.2, -0.15) is 13.2 Å². The lowest BCUT2D eigenvalue weighted by Gasteiger charge is -2.15. The average Bonchev–Trinajstić information content (AvgIpc) is 3.26. The number of ether oxygens (including phenoxy) is 1. The first-order valence-electron chi connectivity index (χ1n) is 10.4. The number of rotatable bonds is 8. The fraction of sp³-hybridized carbons (Fsp3) is 0.435. The summed E-state index contributed by atoms with van der Waals surface area (Å²) in [5, 5.41) is 6.43. The van der Waals surface area contributed by atoms with Crippen LogP contribution in [-0.4, -0.2) is 43.8 Å². The van der Waals surface area contributed by atoms with Crippen LogP contribution in [0.2, 0.25) is 0 Å². The maximum atomic E-state index is 12.3. The van der Waals surface area contributed by atoms with E-state index < -0.39 is 12.8 Å². The largest absolute Gasteiger partial charge is 0.484 e. The van der Waals surface area contributed by atoms with Crippen molar-refractivity contribution >= 4 is 29.9 Å². The third kappa shape index (κ3) is 9.23. The first-order chi connectivity index (χ1) is 14.9. The fourth-order valence-electron chi connectivity index (χ4n) is 3.46. The highest BCUT2D eigenvalue weighted by atomic mass is 127. The molecule has 176 valence electrons. The van der Waals surface area contributed by atoms with Crippen LogP contribution in [0.3, 0.4) is 0 Å². The summed E-state index contributed by atoms with van der Waals surface area (Å²) in [6.45, 7) is 3.11. The van der Waals surface area contributed by atoms with Crippen molar-refractivity contribution < 1.29 is 17.9 Å². The smallest absolute Gasteiger partial charge is 0.422 e. The number of likely N-dealkylation sites (tertiary alicyclic amines) is 1. The molecular weight excluding hydrogens is 532 g/mol. The lowest BCUT2D eigenvalue weighted by molar-refractivity contribution is -0.153. The van der Waals surface area contributed by atoms with Crippen LogP contribution in [0.1, 0.15) is 29.5 Å². The summed E-state index contributed by atoms with van der Waals surface area (Å²) in [5.74, 6) is 0.802. The molecule has 2 N–H and O–H groups in total. The van der Waals surface area contributed by atoms with Crippen molar-refractivity contribution in [2.75, 3.05) is 26.7 Å². The van der Waals surface area contributed by atoms with E-state index in [4.69, 9.17) is 4.74 Å². The standard InChI is InChI=1S/C23H29F3N4O.HI/c1-27-22(29-15-20-5-4-6-21(13-20)31-17-23(24,25)26)28-14-18-7-9-19(10-8-18)16-30-11-2-3-12-30;/h4-10,13H,2-3,11-12,14-17H2,1H3,(H2,27,28,29);1H. The third-order valence-electron chi connectivity index (χ3n) is 5.07. The topological polar surface area (TPSA) is 48.9 Å². The van der Waals surface area contributed by atoms with Crippen LogP contribution in [0, 0.1) is 0 Å². The molecule has 0 radical (unpaired) electrons. The Morgan fingerprint density at radius 2 is 1.59 bits per heavy atom. The number of hydrogen-bond acceptors (Lipinski definition) is 3. The summed E-state index contributed by atoms with van der Waals surface area (Å²) in [7, 11) is 1.68. The van der Waals surface area contributed by atoms with Crippen molar-refractivity contribution in [3.05, 3.63) is 65.2 Å². The second kappa shape index (κ2) is 12.9. The Morgan fingerprint density at radius 1 is 0.969 bits per heavy atom. The molecule has 1 aliphatic rings. The lowest BCUT2D eigenvalue weighted by atomic mass is 10.1. The van der Waals surface area contributed by atoms with Gasteiger partial charge in [0.2, 0.25) is 0 Å². The summed E-state index contributed by atoms with van der Waals surface area (Å²) in [6.07, 6.45) is -1.77. The number of guanidine groups is 1. The van der Waals surface area contributed by atoms with Crippen LogP contribution >= 0.6 is 24.0 Å². The summed E-state index contributed by atoms with van der Waals surface area (Å²) in [5.41, 5.74) is 3.27. The van der Waals surface area contributed by atoms with Gasteiger partial charge in [0.15, 0.2) is 12.6 Å². The summed E-state index contributed by atoms with van der Waals surface area (Å²) >= 11 is 0. The Labute approximate surface area is 204 Å². The maximum Gasteiger partial charge on any atom is 0.422 e. The predicted octanol–water partition coefficient (Wildman–Crippen LogP) is 4.71. The molecule has 2 aromatic carbocycles. The molecule has 1 heterocycles. The van der Waals surface area contributed by atoms with Gasteiger partial charge in [-0.25, -0.2) is 0 Å². The highest BCUT2D eigenvalue weighted by Crippen LogP contribution is 2.19. The van der Waals surface area contributed by atoms with E-state index in [0.29, 0.717) is 19.0 Å². The average molecular weight is 562 g/mol. The van der Waals surface area contributed by atoms with Crippen molar-refractivity contribution in [1.82, 2.24) is 15.5 Å². The van der Waals surface area contributed by atoms with E-state index in [9.17, 15) is 13.2 Å². The Kier molecular flexibility index (Phi) is 10.6. The van der Waals surface area contributed by atoms with E-state index in [-0.39, 0.29) is 29.7 Å². The van der Waals surface area contributed by atoms with Gasteiger partial charge in [-0.1, -0.05) is 36.4 Å². The van der Waals surface area contributed by atoms with E-state index in [2.05, 4.69) is 44.8 Å². The van der Waals surface area contributed by atoms with Crippen molar-refractivity contribution in [3.63, 3.8) is 0 Å². The van der Waals surface area contributed by atoms with Crippen LogP contribution in [0.5, 0.6) is 5.75 Å². The third-order valence-corrected chi connectivity index (χ3v) is 5.07. The van der Waals surface area contributed by atoms with E-state index in [1.54, 1.807) is 19.2 Å². The van der Waals surface area contributed by atoms with Crippen LogP contribution in [0.25, 0.3) is 0 Å². The van der Waals surface area contributed by atoms with Crippen molar-refractivity contribution in [3.8, 4) is 5.75 Å². The van der Waals surface area contributed by atoms with Crippen molar-refractivity contribution in [1.29, 1.82) is 0 Å². The molecule has 0 atom stereocenters. The monoisotopic (exact) mass is 562 g/mol. The van der Waals surface area contributed by atoms with Gasteiger partial charge in [0.25, 0.3) is 0 Å². The highest BCUT2D eigenvalue weighted by molar-refractivity contribution is 14.0. The molecule has 3 rings (SSSR count). The number of nitrogens with one attached hydrogen (secondary N) is 2. The van der Waals surface area contributed by atoms with Gasteiger partial charge in [0.05, 0.1) is 0 Å². The molecule has 0 amide bonds. The molecule has 32 heavy (non-hydrogen) atoms. The number of aliphatic imine (C=N–C) groups is 1. The molecule has 2 aromatic rings. The zero-order valence-corrected chi connectivity index (χ0v) is 20.5. The SMILES string of the molecule is CN=C(NCc1ccc(CN2CCCC2)cc1)NCc1cccc(OCC(F)(F)F)c1.I. The molecule has 0 aromatic heterocycles. The summed E-state index contributed by atoms with van der Waals surface area (Å²) < 4.78 is 41.7. The molecule has 1 aliphatic heterocycles. The first-order valence-corrected chi connectivity index (χ1v) is 10.4. The molecule has 0 aliphatic carbocycles. The van der Waals surface area contributed by atoms with Gasteiger partial charge in [-0.15, -0.1) is 24.0 Å². The molecule has 1 saturated heterocycles. The highest BCUT2D eigenvalue weighted by Gasteiger charge is 2.28. The predicted molar refractivity (Wildman–Crippen MR) is 131 cm³/mol. The van der Waals surface area contributed by atoms with Gasteiger partial charge >= 0.3 is 6.18 Å². The molecule has 0 spiro atoms. The van der Waals surface area contributed by atoms with Crippen LogP contribution in [0.15, 0.2) is 53.5 Å². The zero-order valence-electron chi connectivity index (χ0n) is 18.1. The maximum absolute atomic E-state index is 12.3. The number of hydrogen-bond donors (Lipinski definition) is 2. The van der Waals surface area contributed by atoms with Crippen LogP contribution in [0.4, 0.5) is 13.2 Å². The minimum absolute atomic E-state index is 0. The molecule has 1 fully saturated rings. The molecule has 5 nitrogen and oxygen atoms in total. The van der Waals surface area contributed by atoms with Crippen LogP contribution in [-0.2, 0) is 19.6 Å². The van der Waals surface area contributed by atoms with Gasteiger partial charge in [-0.3, -0.25) is 9.89 Å². The quantitative estimate of drug-likeness (QED) is 0.278. The number of benzene rings is 2. The van der Waals surface area contributed by atoms with Crippen molar-refractivity contribution in [2.24, 2.45) is 4.99 Å². The number of nitrogens with zero attached hydrogens (tertiary/aromatic N) is 2. The zero-order chi connectivity index (χ0) is 22.1.